The van der Waals surface area contributed by atoms with Gasteiger partial charge in [0.2, 0.25) is 10.9 Å². The van der Waals surface area contributed by atoms with Crippen LogP contribution >= 0.6 is 11.8 Å². The van der Waals surface area contributed by atoms with Crippen molar-refractivity contribution in [2.75, 3.05) is 6.01 Å². The van der Waals surface area contributed by atoms with E-state index >= 15 is 8.78 Å². The van der Waals surface area contributed by atoms with Gasteiger partial charge < -0.3 is 14.3 Å². The van der Waals surface area contributed by atoms with E-state index in [0.29, 0.717) is 11.8 Å². The molecular weight excluding hydrogens is 509 g/mol. The summed E-state index contributed by atoms with van der Waals surface area (Å²) in [5.74, 6) is -4.38. The van der Waals surface area contributed by atoms with Gasteiger partial charge >= 0.3 is 5.97 Å². The van der Waals surface area contributed by atoms with E-state index in [1.54, 1.807) is 13.8 Å². The minimum Gasteiger partial charge on any atom is -0.508 e. The molecule has 1 N–H and O–H groups in total. The molecule has 0 radical (unpaired) electrons. The first-order valence-corrected chi connectivity index (χ1v) is 13.4. The predicted molar refractivity (Wildman–Crippen MR) is 129 cm³/mol. The van der Waals surface area contributed by atoms with Crippen LogP contribution in [0.25, 0.3) is 0 Å². The molecule has 0 bridgehead atoms. The highest BCUT2D eigenvalue weighted by molar-refractivity contribution is 8.13. The topological polar surface area (TPSA) is 93.8 Å². The molecule has 5 rings (SSSR count). The van der Waals surface area contributed by atoms with Crippen LogP contribution in [-0.4, -0.2) is 45.4 Å². The highest BCUT2D eigenvalue weighted by atomic mass is 32.2. The Morgan fingerprint density at radius 2 is 1.95 bits per heavy atom. The molecule has 1 heterocycles. The van der Waals surface area contributed by atoms with E-state index in [9.17, 15) is 23.9 Å². The zero-order valence-electron chi connectivity index (χ0n) is 20.8. The lowest BCUT2D eigenvalue weighted by Gasteiger charge is -2.61. The second-order valence-corrected chi connectivity index (χ2v) is 12.0. The fourth-order valence-electron chi connectivity index (χ4n) is 7.95. The van der Waals surface area contributed by atoms with Crippen LogP contribution in [0.2, 0.25) is 0 Å². The molecule has 3 unspecified atom stereocenters. The number of allylic oxidation sites excluding steroid dienone is 3. The number of esters is 1. The Labute approximate surface area is 216 Å². The van der Waals surface area contributed by atoms with Crippen molar-refractivity contribution in [3.63, 3.8) is 0 Å². The maximum atomic E-state index is 17.3. The lowest BCUT2D eigenvalue weighted by molar-refractivity contribution is -0.187. The first-order chi connectivity index (χ1) is 17.4. The number of halogens is 3. The summed E-state index contributed by atoms with van der Waals surface area (Å²) in [4.78, 5) is 39.8. The fourth-order valence-corrected chi connectivity index (χ4v) is 8.74. The Morgan fingerprint density at radius 3 is 2.59 bits per heavy atom. The van der Waals surface area contributed by atoms with Gasteiger partial charge in [0.25, 0.3) is 0 Å². The molecule has 10 heteroatoms. The van der Waals surface area contributed by atoms with Gasteiger partial charge in [0.15, 0.2) is 11.4 Å². The first-order valence-electron chi connectivity index (χ1n) is 12.4. The Bertz CT molecular complexity index is 1210. The molecule has 0 spiro atoms. The summed E-state index contributed by atoms with van der Waals surface area (Å²) in [6, 6.07) is 1.84. The fraction of sp³-hybridized carbons (Fsp3) is 0.593. The molecule has 0 aromatic carbocycles. The van der Waals surface area contributed by atoms with Crippen molar-refractivity contribution in [2.45, 2.75) is 63.9 Å². The van der Waals surface area contributed by atoms with E-state index in [1.165, 1.54) is 25.3 Å². The van der Waals surface area contributed by atoms with Crippen LogP contribution in [-0.2, 0) is 14.3 Å². The summed E-state index contributed by atoms with van der Waals surface area (Å²) < 4.78 is 57.5. The summed E-state index contributed by atoms with van der Waals surface area (Å²) in [6.45, 7) is 4.81. The highest BCUT2D eigenvalue weighted by Crippen LogP contribution is 2.72. The largest absolute Gasteiger partial charge is 0.508 e. The molecule has 3 saturated carbocycles. The molecule has 1 aromatic rings. The van der Waals surface area contributed by atoms with Gasteiger partial charge in [-0.25, -0.2) is 18.0 Å². The normalized spacial score (nSPS) is 42.7. The molecule has 4 aliphatic rings. The van der Waals surface area contributed by atoms with Gasteiger partial charge in [-0.05, 0) is 74.1 Å². The molecule has 0 aliphatic heterocycles. The number of aliphatic hydroxyl groups excluding tert-OH is 1. The number of furan rings is 1. The summed E-state index contributed by atoms with van der Waals surface area (Å²) in [6.07, 6.45) is 1.48. The Balaban J connectivity index is 1.61. The summed E-state index contributed by atoms with van der Waals surface area (Å²) in [5.41, 5.74) is -7.01. The number of carbonyl (C=O) groups is 3. The van der Waals surface area contributed by atoms with Crippen molar-refractivity contribution in [2.24, 2.45) is 28.6 Å². The average Bonchev–Trinajstić information content (AvgIpc) is 3.45. The smallest absolute Gasteiger partial charge is 0.375 e. The number of alkyl halides is 3. The minimum absolute atomic E-state index is 0.0435. The number of fused-ring (bicyclic) bond motifs is 5. The lowest BCUT2D eigenvalue weighted by Crippen LogP contribution is -2.67. The Kier molecular flexibility index (Phi) is 6.01. The quantitative estimate of drug-likeness (QED) is 0.481. The average molecular weight is 539 g/mol. The van der Waals surface area contributed by atoms with E-state index < -0.39 is 74.7 Å². The van der Waals surface area contributed by atoms with Crippen LogP contribution in [0.4, 0.5) is 13.2 Å². The van der Waals surface area contributed by atoms with E-state index in [0.717, 1.165) is 12.2 Å². The van der Waals surface area contributed by atoms with Crippen LogP contribution in [0.5, 0.6) is 0 Å². The van der Waals surface area contributed by atoms with Crippen LogP contribution in [0.3, 0.4) is 0 Å². The van der Waals surface area contributed by atoms with E-state index in [2.05, 4.69) is 0 Å². The zero-order chi connectivity index (χ0) is 27.0. The maximum Gasteiger partial charge on any atom is 0.375 e. The van der Waals surface area contributed by atoms with Gasteiger partial charge in [0, 0.05) is 23.3 Å². The molecular formula is C27H29F3O6S. The highest BCUT2D eigenvalue weighted by Gasteiger charge is 2.77. The maximum absolute atomic E-state index is 17.3. The number of ether oxygens (including phenoxy) is 1. The third-order valence-corrected chi connectivity index (χ3v) is 10.5. The lowest BCUT2D eigenvalue weighted by atomic mass is 9.44. The molecule has 3 fully saturated rings. The van der Waals surface area contributed by atoms with Gasteiger partial charge in [0.1, 0.15) is 23.6 Å². The number of carbonyl (C=O) groups excluding carboxylic acids is 3. The van der Waals surface area contributed by atoms with Crippen molar-refractivity contribution in [3.05, 3.63) is 47.6 Å². The Morgan fingerprint density at radius 1 is 1.22 bits per heavy atom. The van der Waals surface area contributed by atoms with Crippen molar-refractivity contribution in [3.8, 4) is 0 Å². The molecule has 200 valence electrons. The second kappa shape index (κ2) is 8.51. The van der Waals surface area contributed by atoms with Crippen LogP contribution < -0.4 is 0 Å². The zero-order valence-corrected chi connectivity index (χ0v) is 21.6. The molecule has 4 aliphatic carbocycles. The van der Waals surface area contributed by atoms with Crippen LogP contribution in [0.1, 0.15) is 57.0 Å². The van der Waals surface area contributed by atoms with E-state index in [1.807, 2.05) is 0 Å². The number of rotatable bonds is 4. The van der Waals surface area contributed by atoms with Crippen LogP contribution in [0, 0.1) is 28.6 Å². The molecule has 6 nitrogen and oxygen atoms in total. The number of aliphatic hydroxyl groups is 1. The van der Waals surface area contributed by atoms with Gasteiger partial charge in [-0.1, -0.05) is 13.8 Å². The summed E-state index contributed by atoms with van der Waals surface area (Å²) in [5, 5.41) is 9.27. The number of hydrogen-bond acceptors (Lipinski definition) is 7. The van der Waals surface area contributed by atoms with Gasteiger partial charge in [0.05, 0.1) is 11.7 Å². The van der Waals surface area contributed by atoms with E-state index in [-0.39, 0.29) is 37.0 Å². The molecule has 0 saturated heterocycles. The summed E-state index contributed by atoms with van der Waals surface area (Å²) >= 11 is 0.392. The number of thioether (sulfide) groups is 1. The monoisotopic (exact) mass is 538 g/mol. The third-order valence-electron chi connectivity index (χ3n) is 9.80. The van der Waals surface area contributed by atoms with Crippen molar-refractivity contribution in [1.82, 2.24) is 0 Å². The molecule has 0 amide bonds. The predicted octanol–water partition coefficient (Wildman–Crippen LogP) is 5.84. The van der Waals surface area contributed by atoms with Crippen LogP contribution in [0.15, 0.2) is 46.3 Å². The van der Waals surface area contributed by atoms with Crippen molar-refractivity contribution < 1.29 is 41.8 Å². The second-order valence-electron chi connectivity index (χ2n) is 11.1. The van der Waals surface area contributed by atoms with Crippen molar-refractivity contribution >= 4 is 28.6 Å². The Hall–Kier alpha value is -2.49. The molecule has 37 heavy (non-hydrogen) atoms. The van der Waals surface area contributed by atoms with Crippen molar-refractivity contribution in [1.29, 1.82) is 0 Å². The van der Waals surface area contributed by atoms with Gasteiger partial charge in [-0.2, -0.15) is 0 Å². The van der Waals surface area contributed by atoms with E-state index in [4.69, 9.17) is 9.15 Å². The SMILES string of the molecule is CC1C[C@H]2[C@@H]3CC(F)C4=CC(O)=CC(=O)[C@]4(C)[C@@]3(F)CC[C@]2(C)C1(OC(=O)c1ccco1)C(=O)SCF. The molecule has 8 atom stereocenters. The minimum atomic E-state index is -2.16. The third kappa shape index (κ3) is 3.23. The first kappa shape index (κ1) is 26.1. The van der Waals surface area contributed by atoms with Gasteiger partial charge in [-0.3, -0.25) is 9.59 Å². The standard InChI is InChI=1S/C27H29F3O6S/c1-14-9-16-17-12-19(29)18-10-15(31)11-21(32)25(18,3)26(17,30)7-6-24(16,2)27(14,23(34)37-13-28)36-22(33)20-5-4-8-35-20/h4-5,8,10-11,14,16-17,19,31H,6-7,9,12-13H2,1-3H3/t14?,16-,17-,19?,24-,25+,26+,27?/m0/s1. The number of ketones is 1. The summed E-state index contributed by atoms with van der Waals surface area (Å²) in [7, 11) is 0. The number of hydrogen-bond donors (Lipinski definition) is 1. The molecule has 1 aromatic heterocycles. The van der Waals surface area contributed by atoms with Gasteiger partial charge in [-0.15, -0.1) is 0 Å².